The number of hydrogen-bond acceptors (Lipinski definition) is 1. The van der Waals surface area contributed by atoms with Gasteiger partial charge in [-0.1, -0.05) is 0 Å². The number of quaternary nitrogens is 1. The molecule has 0 aromatic carbocycles. The zero-order chi connectivity index (χ0) is 5.98. The highest BCUT2D eigenvalue weighted by molar-refractivity contribution is 5.74. The van der Waals surface area contributed by atoms with Gasteiger partial charge in [0.2, 0.25) is 0 Å². The van der Waals surface area contributed by atoms with Gasteiger partial charge < -0.3 is 5.32 Å². The second-order valence-electron chi connectivity index (χ2n) is 2.34. The van der Waals surface area contributed by atoms with E-state index in [0.29, 0.717) is 5.92 Å². The van der Waals surface area contributed by atoms with Gasteiger partial charge in [-0.15, -0.1) is 0 Å². The summed E-state index contributed by atoms with van der Waals surface area (Å²) in [6.45, 7) is 3.10. The molecule has 2 nitrogen and oxygen atoms in total. The normalized spacial score (nSPS) is 18.6. The lowest BCUT2D eigenvalue weighted by Crippen LogP contribution is -2.87. The van der Waals surface area contributed by atoms with Crippen molar-refractivity contribution in [3.8, 4) is 0 Å². The van der Waals surface area contributed by atoms with Crippen LogP contribution >= 0.6 is 0 Å². The molecule has 0 saturated heterocycles. The van der Waals surface area contributed by atoms with Crippen molar-refractivity contribution in [1.82, 2.24) is 0 Å². The molecule has 1 aliphatic rings. The van der Waals surface area contributed by atoms with Gasteiger partial charge in [-0.2, -0.15) is 0 Å². The number of hydrogen-bond donors (Lipinski definition) is 2. The lowest BCUT2D eigenvalue weighted by molar-refractivity contribution is -0.540. The van der Waals surface area contributed by atoms with Crippen molar-refractivity contribution in [3.63, 3.8) is 0 Å². The second kappa shape index (κ2) is 2.27. The maximum absolute atomic E-state index is 7.35. The van der Waals surface area contributed by atoms with E-state index in [1.807, 2.05) is 5.32 Å². The highest BCUT2D eigenvalue weighted by atomic mass is 14.9. The Bertz CT molecular complexity index is 94.7. The third-order valence-electron chi connectivity index (χ3n) is 1.44. The fourth-order valence-electron chi connectivity index (χ4n) is 0.781. The van der Waals surface area contributed by atoms with E-state index < -0.39 is 0 Å². The van der Waals surface area contributed by atoms with Crippen LogP contribution in [0.4, 0.5) is 0 Å². The molecule has 0 radical (unpaired) electrons. The predicted molar refractivity (Wildman–Crippen MR) is 32.9 cm³/mol. The first kappa shape index (κ1) is 5.76. The Kier molecular flexibility index (Phi) is 1.63. The highest BCUT2D eigenvalue weighted by Crippen LogP contribution is 2.27. The SMILES string of the molecule is CC[NH2+]C(=N)C1CC1. The Balaban J connectivity index is 2.13. The van der Waals surface area contributed by atoms with Gasteiger partial charge in [-0.25, -0.2) is 0 Å². The van der Waals surface area contributed by atoms with Crippen LogP contribution in [0, 0.1) is 11.3 Å². The summed E-state index contributed by atoms with van der Waals surface area (Å²) in [5, 5.41) is 9.36. The summed E-state index contributed by atoms with van der Waals surface area (Å²) in [7, 11) is 0. The summed E-state index contributed by atoms with van der Waals surface area (Å²) in [6, 6.07) is 0. The van der Waals surface area contributed by atoms with E-state index in [2.05, 4.69) is 6.92 Å². The monoisotopic (exact) mass is 113 g/mol. The summed E-state index contributed by atoms with van der Waals surface area (Å²) in [5.74, 6) is 1.52. The molecule has 0 heterocycles. The van der Waals surface area contributed by atoms with Gasteiger partial charge >= 0.3 is 0 Å². The summed E-state index contributed by atoms with van der Waals surface area (Å²) in [5.41, 5.74) is 0. The first-order chi connectivity index (χ1) is 3.84. The minimum absolute atomic E-state index is 0.648. The van der Waals surface area contributed by atoms with Crippen molar-refractivity contribution >= 4 is 5.84 Å². The van der Waals surface area contributed by atoms with Crippen molar-refractivity contribution in [2.75, 3.05) is 6.54 Å². The first-order valence-corrected chi connectivity index (χ1v) is 3.26. The molecule has 0 aromatic heterocycles. The van der Waals surface area contributed by atoms with Crippen LogP contribution < -0.4 is 5.32 Å². The molecule has 0 unspecified atom stereocenters. The molecule has 0 aliphatic heterocycles. The lowest BCUT2D eigenvalue weighted by Gasteiger charge is -1.93. The molecule has 0 aromatic rings. The van der Waals surface area contributed by atoms with E-state index in [1.165, 1.54) is 12.8 Å². The number of amidine groups is 1. The molecule has 1 rings (SSSR count). The molecule has 1 saturated carbocycles. The van der Waals surface area contributed by atoms with Crippen molar-refractivity contribution in [2.24, 2.45) is 5.92 Å². The average Bonchev–Trinajstić information content (AvgIpc) is 2.45. The van der Waals surface area contributed by atoms with Gasteiger partial charge in [0.1, 0.15) is 0 Å². The fraction of sp³-hybridized carbons (Fsp3) is 0.833. The van der Waals surface area contributed by atoms with E-state index in [0.717, 1.165) is 12.4 Å². The lowest BCUT2D eigenvalue weighted by atomic mass is 10.4. The van der Waals surface area contributed by atoms with E-state index >= 15 is 0 Å². The van der Waals surface area contributed by atoms with Crippen molar-refractivity contribution in [1.29, 1.82) is 5.41 Å². The van der Waals surface area contributed by atoms with E-state index in [4.69, 9.17) is 5.41 Å². The molecular formula is C6H13N2+. The Morgan fingerprint density at radius 2 is 2.38 bits per heavy atom. The third-order valence-corrected chi connectivity index (χ3v) is 1.44. The second-order valence-corrected chi connectivity index (χ2v) is 2.34. The highest BCUT2D eigenvalue weighted by Gasteiger charge is 2.29. The van der Waals surface area contributed by atoms with Gasteiger partial charge in [0.05, 0.1) is 12.5 Å². The van der Waals surface area contributed by atoms with Crippen LogP contribution in [0.15, 0.2) is 0 Å². The molecule has 0 spiro atoms. The van der Waals surface area contributed by atoms with Gasteiger partial charge in [-0.3, -0.25) is 5.41 Å². The predicted octanol–water partition coefficient (Wildman–Crippen LogP) is -0.0430. The molecule has 1 aliphatic carbocycles. The average molecular weight is 113 g/mol. The number of nitrogens with two attached hydrogens (primary N) is 1. The standard InChI is InChI=1S/C6H12N2/c1-2-8-6(7)5-3-4-5/h5H,2-4H2,1H3,(H2,7,8)/p+1. The maximum Gasteiger partial charge on any atom is 0.195 e. The molecule has 1 fully saturated rings. The molecule has 0 bridgehead atoms. The van der Waals surface area contributed by atoms with Gasteiger partial charge in [0.25, 0.3) is 0 Å². The quantitative estimate of drug-likeness (QED) is 0.372. The fourth-order valence-corrected chi connectivity index (χ4v) is 0.781. The molecule has 0 atom stereocenters. The smallest absolute Gasteiger partial charge is 0.195 e. The molecule has 2 heteroatoms. The number of nitrogens with one attached hydrogen (secondary N) is 1. The molecule has 0 amide bonds. The third kappa shape index (κ3) is 1.30. The van der Waals surface area contributed by atoms with Crippen LogP contribution in [0.1, 0.15) is 19.8 Å². The Hall–Kier alpha value is -0.370. The van der Waals surface area contributed by atoms with Gasteiger partial charge in [0.15, 0.2) is 5.84 Å². The summed E-state index contributed by atoms with van der Waals surface area (Å²) in [6.07, 6.45) is 2.52. The molecule has 8 heavy (non-hydrogen) atoms. The minimum atomic E-state index is 0.648. The Labute approximate surface area is 49.8 Å². The van der Waals surface area contributed by atoms with Crippen LogP contribution in [0.25, 0.3) is 0 Å². The van der Waals surface area contributed by atoms with Crippen LogP contribution in [-0.4, -0.2) is 12.4 Å². The van der Waals surface area contributed by atoms with Crippen molar-refractivity contribution in [3.05, 3.63) is 0 Å². The van der Waals surface area contributed by atoms with Crippen LogP contribution in [0.2, 0.25) is 0 Å². The van der Waals surface area contributed by atoms with E-state index in [-0.39, 0.29) is 0 Å². The van der Waals surface area contributed by atoms with E-state index in [1.54, 1.807) is 0 Å². The zero-order valence-electron chi connectivity index (χ0n) is 5.28. The summed E-state index contributed by atoms with van der Waals surface area (Å²) >= 11 is 0. The van der Waals surface area contributed by atoms with Gasteiger partial charge in [0, 0.05) is 0 Å². The van der Waals surface area contributed by atoms with Crippen molar-refractivity contribution < 1.29 is 5.32 Å². The van der Waals surface area contributed by atoms with Gasteiger partial charge in [-0.05, 0) is 19.8 Å². The largest absolute Gasteiger partial charge is 0.302 e. The van der Waals surface area contributed by atoms with Crippen LogP contribution in [0.3, 0.4) is 0 Å². The summed E-state index contributed by atoms with van der Waals surface area (Å²) < 4.78 is 0. The van der Waals surface area contributed by atoms with Crippen molar-refractivity contribution in [2.45, 2.75) is 19.8 Å². The summed E-state index contributed by atoms with van der Waals surface area (Å²) in [4.78, 5) is 0. The first-order valence-electron chi connectivity index (χ1n) is 3.26. The van der Waals surface area contributed by atoms with E-state index in [9.17, 15) is 0 Å². The Morgan fingerprint density at radius 1 is 1.75 bits per heavy atom. The molecule has 3 N–H and O–H groups in total. The molecule has 46 valence electrons. The maximum atomic E-state index is 7.35. The van der Waals surface area contributed by atoms with Crippen LogP contribution in [-0.2, 0) is 0 Å². The van der Waals surface area contributed by atoms with Crippen LogP contribution in [0.5, 0.6) is 0 Å². The molecular weight excluding hydrogens is 100 g/mol. The Morgan fingerprint density at radius 3 is 2.75 bits per heavy atom. The minimum Gasteiger partial charge on any atom is -0.302 e. The topological polar surface area (TPSA) is 40.5 Å². The zero-order valence-corrected chi connectivity index (χ0v) is 5.28. The number of rotatable bonds is 2.